The number of nitrogens with one attached hydrogen (secondary N) is 2. The lowest BCUT2D eigenvalue weighted by atomic mass is 10.1. The maximum atomic E-state index is 13.3. The average Bonchev–Trinajstić information content (AvgIpc) is 3.54. The number of aromatic nitrogens is 6. The quantitative estimate of drug-likeness (QED) is 0.241. The molecule has 0 aliphatic carbocycles. The summed E-state index contributed by atoms with van der Waals surface area (Å²) in [5.74, 6) is -0.592. The number of carbonyl (C=O) groups excluding carboxylic acids is 3. The number of nitrogens with zero attached hydrogens (tertiary/aromatic N) is 6. The number of piperazine rings is 1. The molecule has 1 aliphatic rings. The van der Waals surface area contributed by atoms with E-state index in [0.717, 1.165) is 0 Å². The molecule has 178 valence electrons. The number of amides is 2. The second-order valence-electron chi connectivity index (χ2n) is 8.09. The van der Waals surface area contributed by atoms with Crippen LogP contribution in [0.1, 0.15) is 20.7 Å². The van der Waals surface area contributed by atoms with Gasteiger partial charge in [-0.05, 0) is 12.1 Å². The molecule has 0 bridgehead atoms. The van der Waals surface area contributed by atoms with Gasteiger partial charge in [-0.1, -0.05) is 23.4 Å². The number of H-pyrrole nitrogens is 2. The molecular weight excluding hydrogens is 452 g/mol. The predicted octanol–water partition coefficient (Wildman–Crippen LogP) is 0.348. The third kappa shape index (κ3) is 3.88. The van der Waals surface area contributed by atoms with Crippen LogP contribution in [0.2, 0.25) is 0 Å². The molecule has 0 saturated carbocycles. The van der Waals surface area contributed by atoms with Crippen molar-refractivity contribution in [2.75, 3.05) is 33.3 Å². The van der Waals surface area contributed by atoms with Crippen LogP contribution >= 0.6 is 0 Å². The van der Waals surface area contributed by atoms with E-state index in [1.165, 1.54) is 24.4 Å². The van der Waals surface area contributed by atoms with Gasteiger partial charge in [-0.3, -0.25) is 14.4 Å². The summed E-state index contributed by atoms with van der Waals surface area (Å²) in [6, 6.07) is 8.99. The van der Waals surface area contributed by atoms with Crippen molar-refractivity contribution in [2.45, 2.75) is 0 Å². The van der Waals surface area contributed by atoms with Crippen molar-refractivity contribution in [3.05, 3.63) is 53.9 Å². The topological polar surface area (TPSA) is 141 Å². The number of rotatable bonds is 5. The van der Waals surface area contributed by atoms with E-state index in [9.17, 15) is 14.4 Å². The number of pyridine rings is 1. The smallest absolute Gasteiger partial charge is 0.352 e. The fourth-order valence-electron chi connectivity index (χ4n) is 4.21. The minimum atomic E-state index is -0.668. The number of aryl methyl sites for hydroxylation is 1. The number of benzene rings is 1. The van der Waals surface area contributed by atoms with E-state index in [2.05, 4.69) is 25.5 Å². The third-order valence-electron chi connectivity index (χ3n) is 6.08. The van der Waals surface area contributed by atoms with Crippen molar-refractivity contribution < 1.29 is 23.8 Å². The highest BCUT2D eigenvalue weighted by atomic mass is 16.5. The standard InChI is InChI=1S/C23H22N8O4/c1-29-21(26-27-28-29)19-18-17(16(35-2)13-25-19)15(12-24-18)20(32)23(34)31-10-8-30(9-11-31)22(33)14-6-4-3-5-7-14/h3-7,12-13H,8-11H2,1-2H3,(H,24,25,26,28,32)/p+1. The third-order valence-corrected chi connectivity index (χ3v) is 6.08. The fourth-order valence-corrected chi connectivity index (χ4v) is 4.21. The molecule has 1 fully saturated rings. The van der Waals surface area contributed by atoms with Gasteiger partial charge in [0.05, 0.1) is 36.8 Å². The summed E-state index contributed by atoms with van der Waals surface area (Å²) in [5, 5.41) is 10.9. The number of tetrazole rings is 1. The lowest BCUT2D eigenvalue weighted by molar-refractivity contribution is -0.721. The highest BCUT2D eigenvalue weighted by molar-refractivity contribution is 6.45. The Morgan fingerprint density at radius 2 is 1.77 bits per heavy atom. The molecule has 1 saturated heterocycles. The predicted molar refractivity (Wildman–Crippen MR) is 122 cm³/mol. The maximum Gasteiger partial charge on any atom is 0.352 e. The molecule has 3 aromatic heterocycles. The molecule has 0 spiro atoms. The van der Waals surface area contributed by atoms with Crippen molar-refractivity contribution in [1.29, 1.82) is 0 Å². The summed E-state index contributed by atoms with van der Waals surface area (Å²) in [6.07, 6.45) is 2.96. The minimum absolute atomic E-state index is 0.0913. The Bertz CT molecular complexity index is 1420. The number of hydrogen-bond acceptors (Lipinski definition) is 7. The van der Waals surface area contributed by atoms with Gasteiger partial charge in [-0.15, -0.1) is 0 Å². The lowest BCUT2D eigenvalue weighted by Gasteiger charge is -2.34. The minimum Gasteiger partial charge on any atom is -0.494 e. The summed E-state index contributed by atoms with van der Waals surface area (Å²) >= 11 is 0. The van der Waals surface area contributed by atoms with Crippen LogP contribution in [-0.2, 0) is 11.8 Å². The van der Waals surface area contributed by atoms with Crippen molar-refractivity contribution in [3.63, 3.8) is 0 Å². The molecule has 4 heterocycles. The zero-order valence-corrected chi connectivity index (χ0v) is 19.2. The average molecular weight is 475 g/mol. The number of hydrogen-bond donors (Lipinski definition) is 2. The molecule has 12 heteroatoms. The van der Waals surface area contributed by atoms with E-state index >= 15 is 0 Å². The first-order chi connectivity index (χ1) is 17.0. The molecular formula is C23H23N8O4+. The Kier molecular flexibility index (Phi) is 5.69. The van der Waals surface area contributed by atoms with Gasteiger partial charge >= 0.3 is 5.82 Å². The molecule has 0 unspecified atom stereocenters. The van der Waals surface area contributed by atoms with Crippen LogP contribution in [0.25, 0.3) is 22.4 Å². The molecule has 2 amide bonds. The highest BCUT2D eigenvalue weighted by Crippen LogP contribution is 2.33. The first-order valence-corrected chi connectivity index (χ1v) is 11.0. The van der Waals surface area contributed by atoms with Gasteiger partial charge in [-0.25, -0.2) is 4.98 Å². The monoisotopic (exact) mass is 475 g/mol. The van der Waals surface area contributed by atoms with E-state index in [4.69, 9.17) is 4.74 Å². The number of ketones is 1. The van der Waals surface area contributed by atoms with Crippen LogP contribution in [0.4, 0.5) is 0 Å². The summed E-state index contributed by atoms with van der Waals surface area (Å²) in [7, 11) is 3.20. The van der Waals surface area contributed by atoms with E-state index < -0.39 is 11.7 Å². The Morgan fingerprint density at radius 3 is 2.43 bits per heavy atom. The Balaban J connectivity index is 1.37. The second kappa shape index (κ2) is 8.97. The number of aromatic amines is 2. The van der Waals surface area contributed by atoms with E-state index in [1.807, 2.05) is 18.2 Å². The summed E-state index contributed by atoms with van der Waals surface area (Å²) in [4.78, 5) is 49.7. The van der Waals surface area contributed by atoms with Crippen LogP contribution in [0.15, 0.2) is 42.7 Å². The van der Waals surface area contributed by atoms with Gasteiger partial charge < -0.3 is 19.5 Å². The number of ether oxygens (including phenoxy) is 1. The van der Waals surface area contributed by atoms with Gasteiger partial charge in [0.25, 0.3) is 17.6 Å². The zero-order valence-electron chi connectivity index (χ0n) is 19.2. The Hall–Kier alpha value is -4.61. The van der Waals surface area contributed by atoms with Gasteiger partial charge in [0.15, 0.2) is 10.9 Å². The van der Waals surface area contributed by atoms with E-state index in [0.29, 0.717) is 46.8 Å². The summed E-state index contributed by atoms with van der Waals surface area (Å²) in [6.45, 7) is 1.23. The van der Waals surface area contributed by atoms with Crippen LogP contribution in [0.5, 0.6) is 5.75 Å². The first kappa shape index (κ1) is 22.2. The molecule has 5 rings (SSSR count). The Morgan fingerprint density at radius 1 is 1.06 bits per heavy atom. The normalized spacial score (nSPS) is 13.8. The lowest BCUT2D eigenvalue weighted by Crippen LogP contribution is -2.52. The molecule has 0 radical (unpaired) electrons. The highest BCUT2D eigenvalue weighted by Gasteiger charge is 2.32. The summed E-state index contributed by atoms with van der Waals surface area (Å²) < 4.78 is 7.01. The van der Waals surface area contributed by atoms with Crippen LogP contribution in [0.3, 0.4) is 0 Å². The summed E-state index contributed by atoms with van der Waals surface area (Å²) in [5.41, 5.74) is 1.73. The number of methoxy groups -OCH3 is 1. The van der Waals surface area contributed by atoms with Crippen molar-refractivity contribution >= 4 is 28.5 Å². The zero-order chi connectivity index (χ0) is 24.5. The van der Waals surface area contributed by atoms with Gasteiger partial charge in [0.2, 0.25) is 0 Å². The first-order valence-electron chi connectivity index (χ1n) is 11.0. The molecule has 0 atom stereocenters. The van der Waals surface area contributed by atoms with E-state index in [1.54, 1.807) is 28.8 Å². The second-order valence-corrected chi connectivity index (χ2v) is 8.09. The largest absolute Gasteiger partial charge is 0.494 e. The SMILES string of the molecule is COc1cnc(-c2nn[nH][n+]2C)c2[nH]cc(C(=O)C(=O)N3CCN(C(=O)c4ccccc4)CC3)c12. The fraction of sp³-hybridized carbons (Fsp3) is 0.261. The van der Waals surface area contributed by atoms with Crippen molar-refractivity contribution in [2.24, 2.45) is 7.05 Å². The molecule has 1 aliphatic heterocycles. The molecule has 1 aromatic carbocycles. The van der Waals surface area contributed by atoms with Crippen molar-refractivity contribution in [3.8, 4) is 17.3 Å². The van der Waals surface area contributed by atoms with Crippen LogP contribution in [0, 0.1) is 0 Å². The van der Waals surface area contributed by atoms with Gasteiger partial charge in [0.1, 0.15) is 10.8 Å². The van der Waals surface area contributed by atoms with Gasteiger partial charge in [-0.2, -0.15) is 4.68 Å². The number of Topliss-reactive ketones (excluding diaryl/α,β-unsaturated/α-hetero) is 1. The van der Waals surface area contributed by atoms with E-state index in [-0.39, 0.29) is 24.6 Å². The van der Waals surface area contributed by atoms with Crippen LogP contribution < -0.4 is 9.42 Å². The molecule has 4 aromatic rings. The maximum absolute atomic E-state index is 13.3. The molecule has 12 nitrogen and oxygen atoms in total. The van der Waals surface area contributed by atoms with Crippen molar-refractivity contribution in [1.82, 2.24) is 35.3 Å². The Labute approximate surface area is 199 Å². The number of fused-ring (bicyclic) bond motifs is 1. The molecule has 35 heavy (non-hydrogen) atoms. The molecule has 2 N–H and O–H groups in total. The number of carbonyl (C=O) groups is 3. The van der Waals surface area contributed by atoms with Gasteiger partial charge in [0, 0.05) is 37.9 Å². The van der Waals surface area contributed by atoms with Crippen LogP contribution in [-0.4, -0.2) is 86.2 Å².